The molecular weight excluding hydrogens is 312 g/mol. The monoisotopic (exact) mass is 330 g/mol. The number of pyridine rings is 1. The van der Waals surface area contributed by atoms with Crippen molar-refractivity contribution in [2.45, 2.75) is 19.9 Å². The number of rotatable bonds is 6. The van der Waals surface area contributed by atoms with Crippen molar-refractivity contribution in [1.82, 2.24) is 4.98 Å². The van der Waals surface area contributed by atoms with Gasteiger partial charge in [-0.05, 0) is 38.1 Å². The molecular formula is C17H18N2O3S. The zero-order valence-corrected chi connectivity index (χ0v) is 13.8. The SMILES string of the molecule is CCOC(=O)[C@H](C)Nc1ccccc1C(=O)c1ccc[nH]c1=S. The number of carbonyl (C=O) groups excluding carboxylic acids is 2. The van der Waals surface area contributed by atoms with E-state index in [2.05, 4.69) is 10.3 Å². The molecule has 0 saturated heterocycles. The number of H-pyrrole nitrogens is 1. The Morgan fingerprint density at radius 3 is 2.61 bits per heavy atom. The molecule has 0 saturated carbocycles. The van der Waals surface area contributed by atoms with Crippen molar-refractivity contribution in [3.8, 4) is 0 Å². The minimum Gasteiger partial charge on any atom is -0.464 e. The average molecular weight is 330 g/mol. The van der Waals surface area contributed by atoms with Crippen molar-refractivity contribution in [2.75, 3.05) is 11.9 Å². The molecule has 1 aromatic heterocycles. The van der Waals surface area contributed by atoms with Crippen molar-refractivity contribution < 1.29 is 14.3 Å². The van der Waals surface area contributed by atoms with E-state index in [4.69, 9.17) is 17.0 Å². The molecule has 0 aliphatic rings. The lowest BCUT2D eigenvalue weighted by molar-refractivity contribution is -0.143. The Morgan fingerprint density at radius 1 is 1.22 bits per heavy atom. The summed E-state index contributed by atoms with van der Waals surface area (Å²) in [5.41, 5.74) is 1.44. The molecule has 1 atom stereocenters. The second kappa shape index (κ2) is 7.69. The van der Waals surface area contributed by atoms with Gasteiger partial charge in [-0.3, -0.25) is 4.79 Å². The maximum absolute atomic E-state index is 12.7. The van der Waals surface area contributed by atoms with Gasteiger partial charge in [-0.25, -0.2) is 4.79 Å². The second-order valence-corrected chi connectivity index (χ2v) is 5.31. The van der Waals surface area contributed by atoms with Crippen LogP contribution in [0.1, 0.15) is 29.8 Å². The van der Waals surface area contributed by atoms with Crippen LogP contribution in [0.3, 0.4) is 0 Å². The largest absolute Gasteiger partial charge is 0.464 e. The summed E-state index contributed by atoms with van der Waals surface area (Å²) >= 11 is 5.16. The van der Waals surface area contributed by atoms with Gasteiger partial charge in [0, 0.05) is 17.4 Å². The van der Waals surface area contributed by atoms with Crippen LogP contribution in [0.25, 0.3) is 0 Å². The van der Waals surface area contributed by atoms with Gasteiger partial charge in [-0.2, -0.15) is 0 Å². The molecule has 23 heavy (non-hydrogen) atoms. The van der Waals surface area contributed by atoms with Crippen LogP contribution in [-0.4, -0.2) is 29.4 Å². The standard InChI is InChI=1S/C17H18N2O3S/c1-3-22-17(21)11(2)19-14-9-5-4-7-12(14)15(20)13-8-6-10-18-16(13)23/h4-11,19H,3H2,1-2H3,(H,18,23)/t11-/m0/s1. The van der Waals surface area contributed by atoms with Gasteiger partial charge in [-0.1, -0.05) is 24.4 Å². The van der Waals surface area contributed by atoms with Crippen molar-refractivity contribution in [2.24, 2.45) is 0 Å². The lowest BCUT2D eigenvalue weighted by Crippen LogP contribution is -2.29. The van der Waals surface area contributed by atoms with Crippen LogP contribution in [0.5, 0.6) is 0 Å². The van der Waals surface area contributed by atoms with E-state index in [0.29, 0.717) is 28.1 Å². The number of aromatic amines is 1. The molecule has 0 aliphatic carbocycles. The molecule has 6 heteroatoms. The zero-order chi connectivity index (χ0) is 16.8. The first kappa shape index (κ1) is 16.9. The maximum Gasteiger partial charge on any atom is 0.328 e. The molecule has 2 rings (SSSR count). The molecule has 0 radical (unpaired) electrons. The topological polar surface area (TPSA) is 71.2 Å². The molecule has 120 valence electrons. The predicted molar refractivity (Wildman–Crippen MR) is 91.2 cm³/mol. The summed E-state index contributed by atoms with van der Waals surface area (Å²) < 4.78 is 5.35. The number of anilines is 1. The summed E-state index contributed by atoms with van der Waals surface area (Å²) in [6.07, 6.45) is 1.67. The second-order valence-electron chi connectivity index (χ2n) is 4.91. The zero-order valence-electron chi connectivity index (χ0n) is 13.0. The first-order valence-corrected chi connectivity index (χ1v) is 7.70. The molecule has 2 N–H and O–H groups in total. The molecule has 2 aromatic rings. The third-order valence-electron chi connectivity index (χ3n) is 3.25. The van der Waals surface area contributed by atoms with Crippen LogP contribution in [0.15, 0.2) is 42.6 Å². The van der Waals surface area contributed by atoms with E-state index < -0.39 is 6.04 Å². The molecule has 0 amide bonds. The van der Waals surface area contributed by atoms with E-state index >= 15 is 0 Å². The Bertz CT molecular complexity index is 770. The predicted octanol–water partition coefficient (Wildman–Crippen LogP) is 3.34. The molecule has 1 heterocycles. The number of esters is 1. The Hall–Kier alpha value is -2.47. The normalized spacial score (nSPS) is 11.6. The molecule has 0 bridgehead atoms. The van der Waals surface area contributed by atoms with Gasteiger partial charge in [0.15, 0.2) is 5.78 Å². The third-order valence-corrected chi connectivity index (χ3v) is 3.58. The number of carbonyl (C=O) groups is 2. The summed E-state index contributed by atoms with van der Waals surface area (Å²) in [6, 6.07) is 9.84. The van der Waals surface area contributed by atoms with E-state index in [0.717, 1.165) is 0 Å². The number of hydrogen-bond acceptors (Lipinski definition) is 5. The van der Waals surface area contributed by atoms with Crippen LogP contribution in [0.4, 0.5) is 5.69 Å². The van der Waals surface area contributed by atoms with Gasteiger partial charge in [0.1, 0.15) is 10.7 Å². The smallest absolute Gasteiger partial charge is 0.328 e. The summed E-state index contributed by atoms with van der Waals surface area (Å²) in [4.78, 5) is 27.3. The van der Waals surface area contributed by atoms with Gasteiger partial charge in [0.2, 0.25) is 0 Å². The number of hydrogen-bond donors (Lipinski definition) is 2. The van der Waals surface area contributed by atoms with Crippen LogP contribution in [0, 0.1) is 4.64 Å². The maximum atomic E-state index is 12.7. The summed E-state index contributed by atoms with van der Waals surface area (Å²) in [5, 5.41) is 3.03. The molecule has 0 fully saturated rings. The minimum atomic E-state index is -0.561. The first-order valence-electron chi connectivity index (χ1n) is 7.29. The highest BCUT2D eigenvalue weighted by Gasteiger charge is 2.19. The number of nitrogens with one attached hydrogen (secondary N) is 2. The van der Waals surface area contributed by atoms with E-state index in [1.165, 1.54) is 0 Å². The minimum absolute atomic E-state index is 0.203. The van der Waals surface area contributed by atoms with Crippen LogP contribution >= 0.6 is 12.2 Å². The Kier molecular flexibility index (Phi) is 5.65. The van der Waals surface area contributed by atoms with E-state index in [1.807, 2.05) is 0 Å². The highest BCUT2D eigenvalue weighted by molar-refractivity contribution is 7.71. The summed E-state index contributed by atoms with van der Waals surface area (Å²) in [6.45, 7) is 3.75. The van der Waals surface area contributed by atoms with Gasteiger partial charge < -0.3 is 15.0 Å². The Morgan fingerprint density at radius 2 is 1.91 bits per heavy atom. The fourth-order valence-electron chi connectivity index (χ4n) is 2.11. The number of ether oxygens (including phenoxy) is 1. The van der Waals surface area contributed by atoms with Crippen LogP contribution in [-0.2, 0) is 9.53 Å². The van der Waals surface area contributed by atoms with E-state index in [-0.39, 0.29) is 11.8 Å². The van der Waals surface area contributed by atoms with Gasteiger partial charge in [-0.15, -0.1) is 0 Å². The van der Waals surface area contributed by atoms with Gasteiger partial charge in [0.25, 0.3) is 0 Å². The van der Waals surface area contributed by atoms with Crippen molar-refractivity contribution in [1.29, 1.82) is 0 Å². The van der Waals surface area contributed by atoms with Crippen LogP contribution < -0.4 is 5.32 Å². The van der Waals surface area contributed by atoms with E-state index in [1.54, 1.807) is 56.4 Å². The number of ketones is 1. The summed E-state index contributed by atoms with van der Waals surface area (Å²) in [7, 11) is 0. The molecule has 0 spiro atoms. The average Bonchev–Trinajstić information content (AvgIpc) is 2.55. The van der Waals surface area contributed by atoms with Crippen LogP contribution in [0.2, 0.25) is 0 Å². The highest BCUT2D eigenvalue weighted by atomic mass is 32.1. The van der Waals surface area contributed by atoms with Crippen molar-refractivity contribution >= 4 is 29.7 Å². The fourth-order valence-corrected chi connectivity index (χ4v) is 2.34. The molecule has 0 aliphatic heterocycles. The summed E-state index contributed by atoms with van der Waals surface area (Å²) in [5.74, 6) is -0.572. The fraction of sp³-hybridized carbons (Fsp3) is 0.235. The first-order chi connectivity index (χ1) is 11.0. The van der Waals surface area contributed by atoms with E-state index in [9.17, 15) is 9.59 Å². The van der Waals surface area contributed by atoms with Gasteiger partial charge >= 0.3 is 5.97 Å². The lowest BCUT2D eigenvalue weighted by Gasteiger charge is -2.16. The number of aromatic nitrogens is 1. The molecule has 1 aromatic carbocycles. The Labute approximate surface area is 139 Å². The molecule has 0 unspecified atom stereocenters. The third kappa shape index (κ3) is 4.04. The quantitative estimate of drug-likeness (QED) is 0.483. The van der Waals surface area contributed by atoms with Crippen molar-refractivity contribution in [3.05, 3.63) is 58.4 Å². The van der Waals surface area contributed by atoms with Crippen molar-refractivity contribution in [3.63, 3.8) is 0 Å². The molecule has 5 nitrogen and oxygen atoms in total. The van der Waals surface area contributed by atoms with Gasteiger partial charge in [0.05, 0.1) is 12.2 Å². The Balaban J connectivity index is 2.31. The number of para-hydroxylation sites is 1. The number of benzene rings is 1. The highest BCUT2D eigenvalue weighted by Crippen LogP contribution is 2.20. The lowest BCUT2D eigenvalue weighted by atomic mass is 10.0.